The highest BCUT2D eigenvalue weighted by molar-refractivity contribution is 14.1. The van der Waals surface area contributed by atoms with Crippen LogP contribution in [0.25, 0.3) is 0 Å². The first-order valence-corrected chi connectivity index (χ1v) is 5.73. The molecule has 1 aliphatic heterocycles. The third-order valence-electron chi connectivity index (χ3n) is 2.41. The highest BCUT2D eigenvalue weighted by Crippen LogP contribution is 2.19. The number of hydrogen-bond acceptors (Lipinski definition) is 2. The van der Waals surface area contributed by atoms with Gasteiger partial charge in [-0.05, 0) is 41.1 Å². The van der Waals surface area contributed by atoms with Gasteiger partial charge in [0.1, 0.15) is 0 Å². The van der Waals surface area contributed by atoms with Gasteiger partial charge in [0.05, 0.1) is 6.61 Å². The molecule has 1 heterocycles. The van der Waals surface area contributed by atoms with Crippen molar-refractivity contribution in [3.8, 4) is 0 Å². The fourth-order valence-electron chi connectivity index (χ4n) is 1.62. The second kappa shape index (κ2) is 4.40. The average molecular weight is 302 g/mol. The zero-order valence-corrected chi connectivity index (χ0v) is 9.86. The summed E-state index contributed by atoms with van der Waals surface area (Å²) < 4.78 is 6.31. The zero-order valence-electron chi connectivity index (χ0n) is 7.70. The van der Waals surface area contributed by atoms with Crippen molar-refractivity contribution in [2.24, 2.45) is 5.92 Å². The van der Waals surface area contributed by atoms with E-state index in [-0.39, 0.29) is 11.7 Å². The molecule has 0 N–H and O–H groups in total. The van der Waals surface area contributed by atoms with Crippen LogP contribution in [0.5, 0.6) is 0 Å². The first kappa shape index (κ1) is 10.1. The van der Waals surface area contributed by atoms with Crippen molar-refractivity contribution in [3.63, 3.8) is 0 Å². The number of hydrogen-bond donors (Lipinski definition) is 0. The number of Topliss-reactive ketones (excluding diaryl/α,β-unsaturated/α-hetero) is 1. The molecule has 1 aromatic rings. The van der Waals surface area contributed by atoms with Gasteiger partial charge in [-0.1, -0.05) is 12.1 Å². The number of ketones is 1. The molecule has 74 valence electrons. The summed E-state index contributed by atoms with van der Waals surface area (Å²) in [7, 11) is 0. The molecule has 0 aliphatic carbocycles. The largest absolute Gasteiger partial charge is 0.381 e. The average Bonchev–Trinajstić information content (AvgIpc) is 2.69. The van der Waals surface area contributed by atoms with Crippen molar-refractivity contribution in [2.75, 3.05) is 13.2 Å². The van der Waals surface area contributed by atoms with E-state index in [1.165, 1.54) is 0 Å². The minimum Gasteiger partial charge on any atom is -0.381 e. The number of halogens is 1. The van der Waals surface area contributed by atoms with Crippen molar-refractivity contribution < 1.29 is 9.53 Å². The normalized spacial score (nSPS) is 21.1. The molecular weight excluding hydrogens is 291 g/mol. The lowest BCUT2D eigenvalue weighted by molar-refractivity contribution is 0.0900. The van der Waals surface area contributed by atoms with Gasteiger partial charge in [0.2, 0.25) is 0 Å². The van der Waals surface area contributed by atoms with Gasteiger partial charge in [-0.3, -0.25) is 4.79 Å². The molecular formula is C11H11IO2. The van der Waals surface area contributed by atoms with E-state index >= 15 is 0 Å². The number of rotatable bonds is 2. The number of carbonyl (C=O) groups is 1. The Bertz CT molecular complexity index is 343. The maximum atomic E-state index is 11.9. The molecule has 1 unspecified atom stereocenters. The van der Waals surface area contributed by atoms with Crippen LogP contribution in [-0.4, -0.2) is 19.0 Å². The van der Waals surface area contributed by atoms with Crippen LogP contribution >= 0.6 is 22.6 Å². The van der Waals surface area contributed by atoms with Gasteiger partial charge in [-0.2, -0.15) is 0 Å². The van der Waals surface area contributed by atoms with Gasteiger partial charge in [-0.25, -0.2) is 0 Å². The fourth-order valence-corrected chi connectivity index (χ4v) is 2.16. The molecule has 0 bridgehead atoms. The Morgan fingerprint density at radius 1 is 1.50 bits per heavy atom. The minimum absolute atomic E-state index is 0.0770. The summed E-state index contributed by atoms with van der Waals surface area (Å²) in [5.41, 5.74) is 0.812. The predicted molar refractivity (Wildman–Crippen MR) is 62.4 cm³/mol. The molecule has 0 amide bonds. The summed E-state index contributed by atoms with van der Waals surface area (Å²) in [5.74, 6) is 0.300. The van der Waals surface area contributed by atoms with Crippen molar-refractivity contribution in [1.29, 1.82) is 0 Å². The minimum atomic E-state index is 0.0770. The van der Waals surface area contributed by atoms with Crippen LogP contribution in [0.2, 0.25) is 0 Å². The maximum Gasteiger partial charge on any atom is 0.168 e. The van der Waals surface area contributed by atoms with Crippen molar-refractivity contribution in [3.05, 3.63) is 33.4 Å². The predicted octanol–water partition coefficient (Wildman–Crippen LogP) is 2.51. The quantitative estimate of drug-likeness (QED) is 0.620. The Balaban J connectivity index is 2.17. The van der Waals surface area contributed by atoms with E-state index in [0.29, 0.717) is 6.61 Å². The van der Waals surface area contributed by atoms with Gasteiger partial charge in [0.25, 0.3) is 0 Å². The Morgan fingerprint density at radius 2 is 2.36 bits per heavy atom. The summed E-state index contributed by atoms with van der Waals surface area (Å²) in [6, 6.07) is 7.72. The van der Waals surface area contributed by atoms with Gasteiger partial charge in [0.15, 0.2) is 5.78 Å². The Morgan fingerprint density at radius 3 is 3.00 bits per heavy atom. The van der Waals surface area contributed by atoms with E-state index in [1.807, 2.05) is 24.3 Å². The second-order valence-electron chi connectivity index (χ2n) is 3.44. The van der Waals surface area contributed by atoms with Crippen LogP contribution in [0.3, 0.4) is 0 Å². The lowest BCUT2D eigenvalue weighted by atomic mass is 9.97. The van der Waals surface area contributed by atoms with Gasteiger partial charge in [-0.15, -0.1) is 0 Å². The second-order valence-corrected chi connectivity index (χ2v) is 4.68. The maximum absolute atomic E-state index is 11.9. The van der Waals surface area contributed by atoms with E-state index in [1.54, 1.807) is 0 Å². The summed E-state index contributed by atoms with van der Waals surface area (Å²) in [6.07, 6.45) is 0.865. The molecule has 14 heavy (non-hydrogen) atoms. The molecule has 1 atom stereocenters. The number of ether oxygens (including phenoxy) is 1. The third-order valence-corrected chi connectivity index (χ3v) is 3.08. The molecule has 1 saturated heterocycles. The topological polar surface area (TPSA) is 26.3 Å². The zero-order chi connectivity index (χ0) is 9.97. The van der Waals surface area contributed by atoms with Crippen molar-refractivity contribution in [1.82, 2.24) is 0 Å². The van der Waals surface area contributed by atoms with E-state index in [4.69, 9.17) is 4.74 Å². The van der Waals surface area contributed by atoms with Crippen LogP contribution in [0.1, 0.15) is 16.8 Å². The third kappa shape index (κ3) is 2.15. The molecule has 2 nitrogen and oxygen atoms in total. The summed E-state index contributed by atoms with van der Waals surface area (Å²) >= 11 is 2.22. The Labute approximate surface area is 96.8 Å². The lowest BCUT2D eigenvalue weighted by Crippen LogP contribution is -2.14. The van der Waals surface area contributed by atoms with Gasteiger partial charge >= 0.3 is 0 Å². The van der Waals surface area contributed by atoms with Crippen LogP contribution in [-0.2, 0) is 4.74 Å². The highest BCUT2D eigenvalue weighted by Gasteiger charge is 2.24. The Kier molecular flexibility index (Phi) is 3.18. The van der Waals surface area contributed by atoms with E-state index in [0.717, 1.165) is 22.2 Å². The molecule has 3 heteroatoms. The smallest absolute Gasteiger partial charge is 0.168 e. The first-order chi connectivity index (χ1) is 6.77. The number of carbonyl (C=O) groups excluding carboxylic acids is 1. The Hall–Kier alpha value is -0.420. The summed E-state index contributed by atoms with van der Waals surface area (Å²) in [4.78, 5) is 11.9. The van der Waals surface area contributed by atoms with Crippen LogP contribution < -0.4 is 0 Å². The molecule has 1 aliphatic rings. The van der Waals surface area contributed by atoms with Gasteiger partial charge < -0.3 is 4.74 Å². The number of benzene rings is 1. The van der Waals surface area contributed by atoms with E-state index < -0.39 is 0 Å². The first-order valence-electron chi connectivity index (χ1n) is 4.65. The molecule has 0 spiro atoms. The molecule has 1 aromatic carbocycles. The fraction of sp³-hybridized carbons (Fsp3) is 0.364. The monoisotopic (exact) mass is 302 g/mol. The van der Waals surface area contributed by atoms with Crippen LogP contribution in [0.15, 0.2) is 24.3 Å². The summed E-state index contributed by atoms with van der Waals surface area (Å²) in [6.45, 7) is 1.31. The van der Waals surface area contributed by atoms with E-state index in [9.17, 15) is 4.79 Å². The molecule has 0 saturated carbocycles. The highest BCUT2D eigenvalue weighted by atomic mass is 127. The molecule has 2 rings (SSSR count). The van der Waals surface area contributed by atoms with Crippen molar-refractivity contribution in [2.45, 2.75) is 6.42 Å². The standard InChI is InChI=1S/C11H11IO2/c12-10-3-1-2-8(6-10)11(13)9-4-5-14-7-9/h1-3,6,9H,4-5,7H2. The van der Waals surface area contributed by atoms with Crippen LogP contribution in [0.4, 0.5) is 0 Å². The molecule has 0 aromatic heterocycles. The van der Waals surface area contributed by atoms with Crippen LogP contribution in [0, 0.1) is 9.49 Å². The van der Waals surface area contributed by atoms with Crippen molar-refractivity contribution >= 4 is 28.4 Å². The van der Waals surface area contributed by atoms with Gasteiger partial charge in [0, 0.05) is 21.7 Å². The SMILES string of the molecule is O=C(c1cccc(I)c1)C1CCOC1. The molecule has 0 radical (unpaired) electrons. The lowest BCUT2D eigenvalue weighted by Gasteiger charge is -2.06. The summed E-state index contributed by atoms with van der Waals surface area (Å²) in [5, 5.41) is 0. The molecule has 1 fully saturated rings. The van der Waals surface area contributed by atoms with E-state index in [2.05, 4.69) is 22.6 Å².